The zero-order valence-electron chi connectivity index (χ0n) is 12.4. The lowest BCUT2D eigenvalue weighted by Crippen LogP contribution is -2.33. The molecular weight excluding hydrogens is 234 g/mol. The van der Waals surface area contributed by atoms with Gasteiger partial charge in [0.1, 0.15) is 5.84 Å². The maximum absolute atomic E-state index is 7.67. The molecule has 1 rings (SSSR count). The van der Waals surface area contributed by atoms with Crippen molar-refractivity contribution in [3.8, 4) is 0 Å². The zero-order valence-corrected chi connectivity index (χ0v) is 12.4. The number of hydrogen-bond acceptors (Lipinski definition) is 2. The summed E-state index contributed by atoms with van der Waals surface area (Å²) in [5.41, 5.74) is 7.69. The summed E-state index contributed by atoms with van der Waals surface area (Å²) in [6, 6.07) is 8.55. The van der Waals surface area contributed by atoms with Gasteiger partial charge >= 0.3 is 0 Å². The van der Waals surface area contributed by atoms with Crippen LogP contribution in [0.4, 0.5) is 0 Å². The van der Waals surface area contributed by atoms with E-state index in [0.29, 0.717) is 6.04 Å². The number of nitrogens with zero attached hydrogens (tertiary/aromatic N) is 1. The summed E-state index contributed by atoms with van der Waals surface area (Å²) in [6.45, 7) is 8.70. The highest BCUT2D eigenvalue weighted by Crippen LogP contribution is 2.15. The van der Waals surface area contributed by atoms with Crippen molar-refractivity contribution < 1.29 is 0 Å². The Balaban J connectivity index is 2.86. The molecule has 0 fully saturated rings. The topological polar surface area (TPSA) is 53.1 Å². The molecule has 3 N–H and O–H groups in total. The number of nitrogens with two attached hydrogens (primary N) is 1. The van der Waals surface area contributed by atoms with E-state index in [1.165, 1.54) is 12.8 Å². The fraction of sp³-hybridized carbons (Fsp3) is 0.562. The lowest BCUT2D eigenvalue weighted by atomic mass is 10.0. The number of nitrogens with one attached hydrogen (secondary N) is 1. The second-order valence-corrected chi connectivity index (χ2v) is 5.15. The molecule has 3 nitrogen and oxygen atoms in total. The predicted octanol–water partition coefficient (Wildman–Crippen LogP) is 3.37. The second kappa shape index (κ2) is 7.95. The number of hydrogen-bond donors (Lipinski definition) is 2. The molecule has 0 aliphatic heterocycles. The maximum atomic E-state index is 7.67. The lowest BCUT2D eigenvalue weighted by molar-refractivity contribution is 0.192. The number of benzene rings is 1. The molecule has 19 heavy (non-hydrogen) atoms. The zero-order chi connectivity index (χ0) is 14.3. The highest BCUT2D eigenvalue weighted by atomic mass is 15.1. The molecule has 0 aliphatic carbocycles. The summed E-state index contributed by atoms with van der Waals surface area (Å²) < 4.78 is 0. The summed E-state index contributed by atoms with van der Waals surface area (Å²) in [5, 5.41) is 7.67. The van der Waals surface area contributed by atoms with Crippen LogP contribution in [-0.2, 0) is 6.54 Å². The molecule has 0 saturated carbocycles. The highest BCUT2D eigenvalue weighted by molar-refractivity contribution is 5.96. The number of rotatable bonds is 8. The van der Waals surface area contributed by atoms with Gasteiger partial charge in [-0.05, 0) is 31.9 Å². The quantitative estimate of drug-likeness (QED) is 0.557. The molecule has 1 aromatic carbocycles. The van der Waals surface area contributed by atoms with Gasteiger partial charge in [0.15, 0.2) is 0 Å². The van der Waals surface area contributed by atoms with Crippen molar-refractivity contribution in [1.82, 2.24) is 4.90 Å². The van der Waals surface area contributed by atoms with Gasteiger partial charge in [-0.1, -0.05) is 44.5 Å². The molecule has 0 heterocycles. The van der Waals surface area contributed by atoms with Crippen LogP contribution in [0.1, 0.15) is 51.2 Å². The van der Waals surface area contributed by atoms with Crippen LogP contribution in [0.3, 0.4) is 0 Å². The standard InChI is InChI=1S/C16H27N3/c1-4-6-11-19(13(3)5-2)12-14-9-7-8-10-15(14)16(17)18/h7-10,13H,4-6,11-12H2,1-3H3,(H3,17,18). The van der Waals surface area contributed by atoms with Gasteiger partial charge in [0.2, 0.25) is 0 Å². The molecule has 0 aliphatic rings. The van der Waals surface area contributed by atoms with Crippen molar-refractivity contribution in [3.63, 3.8) is 0 Å². The fourth-order valence-electron chi connectivity index (χ4n) is 2.21. The number of amidine groups is 1. The van der Waals surface area contributed by atoms with E-state index in [2.05, 4.69) is 31.7 Å². The van der Waals surface area contributed by atoms with Crippen molar-refractivity contribution in [2.75, 3.05) is 6.54 Å². The second-order valence-electron chi connectivity index (χ2n) is 5.15. The minimum atomic E-state index is 0.162. The lowest BCUT2D eigenvalue weighted by Gasteiger charge is -2.29. The van der Waals surface area contributed by atoms with E-state index in [1.807, 2.05) is 18.2 Å². The van der Waals surface area contributed by atoms with Crippen molar-refractivity contribution >= 4 is 5.84 Å². The Morgan fingerprint density at radius 2 is 2.00 bits per heavy atom. The van der Waals surface area contributed by atoms with Crippen LogP contribution < -0.4 is 5.73 Å². The van der Waals surface area contributed by atoms with Gasteiger partial charge in [0.05, 0.1) is 0 Å². The smallest absolute Gasteiger partial charge is 0.123 e. The van der Waals surface area contributed by atoms with E-state index in [-0.39, 0.29) is 5.84 Å². The van der Waals surface area contributed by atoms with E-state index in [4.69, 9.17) is 11.1 Å². The molecule has 0 aromatic heterocycles. The molecule has 3 heteroatoms. The van der Waals surface area contributed by atoms with Gasteiger partial charge in [0.25, 0.3) is 0 Å². The minimum absolute atomic E-state index is 0.162. The van der Waals surface area contributed by atoms with Crippen molar-refractivity contribution in [3.05, 3.63) is 35.4 Å². The molecule has 0 spiro atoms. The van der Waals surface area contributed by atoms with Crippen molar-refractivity contribution in [1.29, 1.82) is 5.41 Å². The monoisotopic (exact) mass is 261 g/mol. The van der Waals surface area contributed by atoms with Crippen LogP contribution in [0.5, 0.6) is 0 Å². The summed E-state index contributed by atoms with van der Waals surface area (Å²) in [5.74, 6) is 0.162. The Kier molecular flexibility index (Phi) is 6.57. The Morgan fingerprint density at radius 3 is 2.58 bits per heavy atom. The predicted molar refractivity (Wildman–Crippen MR) is 82.5 cm³/mol. The fourth-order valence-corrected chi connectivity index (χ4v) is 2.21. The van der Waals surface area contributed by atoms with Crippen LogP contribution in [0.15, 0.2) is 24.3 Å². The van der Waals surface area contributed by atoms with E-state index >= 15 is 0 Å². The van der Waals surface area contributed by atoms with E-state index in [0.717, 1.165) is 30.6 Å². The van der Waals surface area contributed by atoms with Gasteiger partial charge in [-0.3, -0.25) is 10.3 Å². The summed E-state index contributed by atoms with van der Waals surface area (Å²) >= 11 is 0. The summed E-state index contributed by atoms with van der Waals surface area (Å²) in [4.78, 5) is 2.49. The molecule has 0 bridgehead atoms. The third-order valence-electron chi connectivity index (χ3n) is 3.69. The van der Waals surface area contributed by atoms with Crippen LogP contribution in [-0.4, -0.2) is 23.3 Å². The normalized spacial score (nSPS) is 12.6. The van der Waals surface area contributed by atoms with Gasteiger partial charge in [0, 0.05) is 18.2 Å². The van der Waals surface area contributed by atoms with Crippen LogP contribution in [0, 0.1) is 5.41 Å². The van der Waals surface area contributed by atoms with E-state index < -0.39 is 0 Å². The maximum Gasteiger partial charge on any atom is 0.123 e. The third-order valence-corrected chi connectivity index (χ3v) is 3.69. The van der Waals surface area contributed by atoms with Gasteiger partial charge in [-0.25, -0.2) is 0 Å². The molecule has 1 atom stereocenters. The van der Waals surface area contributed by atoms with Crippen LogP contribution >= 0.6 is 0 Å². The molecule has 0 radical (unpaired) electrons. The van der Waals surface area contributed by atoms with E-state index in [1.54, 1.807) is 0 Å². The third kappa shape index (κ3) is 4.67. The first-order valence-corrected chi connectivity index (χ1v) is 7.26. The highest BCUT2D eigenvalue weighted by Gasteiger charge is 2.14. The van der Waals surface area contributed by atoms with Gasteiger partial charge < -0.3 is 5.73 Å². The van der Waals surface area contributed by atoms with Crippen LogP contribution in [0.25, 0.3) is 0 Å². The number of nitrogen functional groups attached to an aromatic ring is 1. The van der Waals surface area contributed by atoms with Crippen molar-refractivity contribution in [2.24, 2.45) is 5.73 Å². The summed E-state index contributed by atoms with van der Waals surface area (Å²) in [6.07, 6.45) is 3.57. The Labute approximate surface area is 117 Å². The number of unbranched alkanes of at least 4 members (excludes halogenated alkanes) is 1. The van der Waals surface area contributed by atoms with Crippen molar-refractivity contribution in [2.45, 2.75) is 52.6 Å². The molecular formula is C16H27N3. The summed E-state index contributed by atoms with van der Waals surface area (Å²) in [7, 11) is 0. The first-order chi connectivity index (χ1) is 9.10. The first-order valence-electron chi connectivity index (χ1n) is 7.26. The average Bonchev–Trinajstić information content (AvgIpc) is 2.42. The molecule has 0 saturated heterocycles. The molecule has 1 unspecified atom stereocenters. The van der Waals surface area contributed by atoms with Crippen LogP contribution in [0.2, 0.25) is 0 Å². The Morgan fingerprint density at radius 1 is 1.32 bits per heavy atom. The molecule has 1 aromatic rings. The average molecular weight is 261 g/mol. The largest absolute Gasteiger partial charge is 0.384 e. The molecule has 106 valence electrons. The van der Waals surface area contributed by atoms with Gasteiger partial charge in [-0.15, -0.1) is 0 Å². The van der Waals surface area contributed by atoms with E-state index in [9.17, 15) is 0 Å². The SMILES string of the molecule is CCCCN(Cc1ccccc1C(=N)N)C(C)CC. The first kappa shape index (κ1) is 15.7. The Bertz CT molecular complexity index is 401. The minimum Gasteiger partial charge on any atom is -0.384 e. The molecule has 0 amide bonds. The van der Waals surface area contributed by atoms with Gasteiger partial charge in [-0.2, -0.15) is 0 Å². The Hall–Kier alpha value is -1.35.